The first kappa shape index (κ1) is 27.0. The molecule has 2 fully saturated rings. The first-order chi connectivity index (χ1) is 19.8. The minimum absolute atomic E-state index is 0.120. The maximum atomic E-state index is 15.1. The Hall–Kier alpha value is -4.15. The molecular formula is C31H32FN5O4. The first-order valence-corrected chi connectivity index (χ1v) is 14.0. The predicted molar refractivity (Wildman–Crippen MR) is 149 cm³/mol. The number of nitrogens with zero attached hydrogens (tertiary/aromatic N) is 3. The molecule has 0 radical (unpaired) electrons. The normalized spacial score (nSPS) is 20.6. The summed E-state index contributed by atoms with van der Waals surface area (Å²) in [6.45, 7) is 2.56. The van der Waals surface area contributed by atoms with Crippen LogP contribution in [0.25, 0.3) is 0 Å². The monoisotopic (exact) mass is 557 g/mol. The summed E-state index contributed by atoms with van der Waals surface area (Å²) in [6.07, 6.45) is 3.92. The van der Waals surface area contributed by atoms with E-state index in [0.717, 1.165) is 10.5 Å². The van der Waals surface area contributed by atoms with Crippen molar-refractivity contribution in [1.82, 2.24) is 20.1 Å². The van der Waals surface area contributed by atoms with Crippen molar-refractivity contribution < 1.29 is 23.9 Å². The predicted octanol–water partition coefficient (Wildman–Crippen LogP) is 3.19. The number of piperidine rings is 2. The summed E-state index contributed by atoms with van der Waals surface area (Å²) in [5, 5.41) is 16.9. The molecule has 0 aliphatic carbocycles. The van der Waals surface area contributed by atoms with Gasteiger partial charge in [-0.25, -0.2) is 4.39 Å². The molecule has 3 N–H and O–H groups in total. The van der Waals surface area contributed by atoms with Crippen LogP contribution in [-0.2, 0) is 23.5 Å². The summed E-state index contributed by atoms with van der Waals surface area (Å²) in [4.78, 5) is 46.3. The largest absolute Gasteiger partial charge is 0.383 e. The van der Waals surface area contributed by atoms with E-state index in [1.165, 1.54) is 6.07 Å². The van der Waals surface area contributed by atoms with Crippen molar-refractivity contribution in [3.05, 3.63) is 94.6 Å². The molecule has 3 aliphatic heterocycles. The van der Waals surface area contributed by atoms with Gasteiger partial charge in [-0.05, 0) is 61.6 Å². The van der Waals surface area contributed by atoms with Crippen molar-refractivity contribution in [3.63, 3.8) is 0 Å². The molecular weight excluding hydrogens is 525 g/mol. The van der Waals surface area contributed by atoms with Crippen LogP contribution in [0, 0.1) is 5.82 Å². The Labute approximate surface area is 237 Å². The van der Waals surface area contributed by atoms with Crippen molar-refractivity contribution in [2.24, 2.45) is 0 Å². The number of amides is 3. The van der Waals surface area contributed by atoms with Gasteiger partial charge >= 0.3 is 0 Å². The fourth-order valence-corrected chi connectivity index (χ4v) is 5.99. The van der Waals surface area contributed by atoms with Gasteiger partial charge in [0, 0.05) is 50.2 Å². The van der Waals surface area contributed by atoms with Crippen molar-refractivity contribution in [3.8, 4) is 0 Å². The van der Waals surface area contributed by atoms with Gasteiger partial charge in [0.1, 0.15) is 17.5 Å². The molecule has 4 heterocycles. The Morgan fingerprint density at radius 2 is 1.88 bits per heavy atom. The fourth-order valence-electron chi connectivity index (χ4n) is 5.99. The average molecular weight is 558 g/mol. The standard InChI is InChI=1S/C31H32FN5O4/c32-23-17-20(19-36-15-11-31(41,12-16-36)26-8-1-2-13-33-26)9-10-21(23)18-35-24-6-3-5-22-27(24)30(40)37(29(22)39)25-7-4-14-34-28(25)38/h1-3,5-6,8-10,13,17,25,35,41H,4,7,11-12,14-16,18-19H2,(H,34,38). The SMILES string of the molecule is O=C1NCCCC1N1C(=O)c2cccc(NCc3ccc(CN4CCC(O)(c5ccccn5)CC4)cc3F)c2C1=O. The molecule has 212 valence electrons. The molecule has 3 amide bonds. The van der Waals surface area contributed by atoms with Crippen LogP contribution in [0.15, 0.2) is 60.8 Å². The lowest BCUT2D eigenvalue weighted by Gasteiger charge is -2.37. The van der Waals surface area contributed by atoms with E-state index in [2.05, 4.69) is 20.5 Å². The number of carbonyl (C=O) groups is 3. The van der Waals surface area contributed by atoms with E-state index in [1.807, 2.05) is 24.3 Å². The van der Waals surface area contributed by atoms with Gasteiger partial charge in [0.05, 0.1) is 16.8 Å². The number of hydrogen-bond acceptors (Lipinski definition) is 7. The molecule has 3 aromatic rings. The Balaban J connectivity index is 1.09. The summed E-state index contributed by atoms with van der Waals surface area (Å²) in [6, 6.07) is 14.8. The zero-order valence-corrected chi connectivity index (χ0v) is 22.6. The van der Waals surface area contributed by atoms with Gasteiger partial charge in [-0.2, -0.15) is 0 Å². The Morgan fingerprint density at radius 3 is 2.61 bits per heavy atom. The zero-order chi connectivity index (χ0) is 28.6. The van der Waals surface area contributed by atoms with Crippen LogP contribution in [0.2, 0.25) is 0 Å². The number of aliphatic hydroxyl groups is 1. The van der Waals surface area contributed by atoms with Crippen LogP contribution in [0.1, 0.15) is 63.2 Å². The summed E-state index contributed by atoms with van der Waals surface area (Å²) in [7, 11) is 0. The highest BCUT2D eigenvalue weighted by Gasteiger charge is 2.44. The van der Waals surface area contributed by atoms with Crippen molar-refractivity contribution >= 4 is 23.4 Å². The fraction of sp³-hybridized carbons (Fsp3) is 0.355. The van der Waals surface area contributed by atoms with E-state index < -0.39 is 23.5 Å². The molecule has 1 atom stereocenters. The number of anilines is 1. The van der Waals surface area contributed by atoms with Gasteiger partial charge in [-0.15, -0.1) is 0 Å². The van der Waals surface area contributed by atoms with E-state index in [0.29, 0.717) is 68.8 Å². The van der Waals surface area contributed by atoms with Gasteiger partial charge in [0.25, 0.3) is 11.8 Å². The quantitative estimate of drug-likeness (QED) is 0.382. The molecule has 1 aromatic heterocycles. The highest BCUT2D eigenvalue weighted by molar-refractivity contribution is 6.25. The molecule has 2 aromatic carbocycles. The lowest BCUT2D eigenvalue weighted by atomic mass is 9.87. The number of benzene rings is 2. The number of rotatable bonds is 7. The highest BCUT2D eigenvalue weighted by atomic mass is 19.1. The number of imide groups is 1. The van der Waals surface area contributed by atoms with E-state index in [4.69, 9.17) is 0 Å². The number of carbonyl (C=O) groups excluding carboxylic acids is 3. The third-order valence-corrected chi connectivity index (χ3v) is 8.33. The molecule has 6 rings (SSSR count). The van der Waals surface area contributed by atoms with Crippen LogP contribution in [0.3, 0.4) is 0 Å². The minimum Gasteiger partial charge on any atom is -0.383 e. The van der Waals surface area contributed by atoms with Gasteiger partial charge in [-0.1, -0.05) is 24.3 Å². The van der Waals surface area contributed by atoms with Crippen molar-refractivity contribution in [1.29, 1.82) is 0 Å². The van der Waals surface area contributed by atoms with Crippen molar-refractivity contribution in [2.45, 2.75) is 50.4 Å². The number of aromatic nitrogens is 1. The Bertz CT molecular complexity index is 1490. The van der Waals surface area contributed by atoms with Crippen LogP contribution in [0.5, 0.6) is 0 Å². The number of hydrogen-bond donors (Lipinski definition) is 3. The van der Waals surface area contributed by atoms with Crippen LogP contribution < -0.4 is 10.6 Å². The second-order valence-corrected chi connectivity index (χ2v) is 11.0. The van der Waals surface area contributed by atoms with Crippen LogP contribution >= 0.6 is 0 Å². The summed E-state index contributed by atoms with van der Waals surface area (Å²) in [5.74, 6) is -1.69. The zero-order valence-electron chi connectivity index (χ0n) is 22.6. The second kappa shape index (κ2) is 11.0. The highest BCUT2D eigenvalue weighted by Crippen LogP contribution is 2.34. The number of nitrogens with one attached hydrogen (secondary N) is 2. The molecule has 10 heteroatoms. The van der Waals surface area contributed by atoms with E-state index >= 15 is 4.39 Å². The maximum absolute atomic E-state index is 15.1. The van der Waals surface area contributed by atoms with Gasteiger partial charge in [-0.3, -0.25) is 29.2 Å². The molecule has 1 unspecified atom stereocenters. The summed E-state index contributed by atoms with van der Waals surface area (Å²) in [5.41, 5.74) is 1.88. The van der Waals surface area contributed by atoms with Crippen LogP contribution in [-0.4, -0.2) is 63.3 Å². The molecule has 9 nitrogen and oxygen atoms in total. The first-order valence-electron chi connectivity index (χ1n) is 14.0. The molecule has 0 bridgehead atoms. The summed E-state index contributed by atoms with van der Waals surface area (Å²) >= 11 is 0. The van der Waals surface area contributed by atoms with Gasteiger partial charge in [0.15, 0.2) is 0 Å². The second-order valence-electron chi connectivity index (χ2n) is 11.0. The smallest absolute Gasteiger partial charge is 0.264 e. The Morgan fingerprint density at radius 1 is 1.05 bits per heavy atom. The lowest BCUT2D eigenvalue weighted by molar-refractivity contribution is -0.126. The van der Waals surface area contributed by atoms with Crippen molar-refractivity contribution in [2.75, 3.05) is 25.0 Å². The molecule has 0 saturated carbocycles. The average Bonchev–Trinajstić information content (AvgIpc) is 3.24. The number of likely N-dealkylation sites (tertiary alicyclic amines) is 1. The maximum Gasteiger partial charge on any atom is 0.264 e. The molecule has 41 heavy (non-hydrogen) atoms. The molecule has 3 aliphatic rings. The molecule has 0 spiro atoms. The van der Waals surface area contributed by atoms with Gasteiger partial charge < -0.3 is 15.7 Å². The molecule has 2 saturated heterocycles. The third-order valence-electron chi connectivity index (χ3n) is 8.33. The van der Waals surface area contributed by atoms with Gasteiger partial charge in [0.2, 0.25) is 5.91 Å². The summed E-state index contributed by atoms with van der Waals surface area (Å²) < 4.78 is 15.1. The van der Waals surface area contributed by atoms with E-state index in [1.54, 1.807) is 30.5 Å². The minimum atomic E-state index is -0.942. The number of pyridine rings is 1. The number of halogens is 1. The van der Waals surface area contributed by atoms with Crippen LogP contribution in [0.4, 0.5) is 10.1 Å². The van der Waals surface area contributed by atoms with E-state index in [-0.39, 0.29) is 29.4 Å². The number of fused-ring (bicyclic) bond motifs is 1. The Kier molecular flexibility index (Phi) is 7.27. The van der Waals surface area contributed by atoms with E-state index in [9.17, 15) is 19.5 Å². The topological polar surface area (TPSA) is 115 Å². The lowest BCUT2D eigenvalue weighted by Crippen LogP contribution is -2.52. The third kappa shape index (κ3) is 5.20.